The Morgan fingerprint density at radius 1 is 1.42 bits per heavy atom. The van der Waals surface area contributed by atoms with E-state index in [1.54, 1.807) is 13.0 Å². The molecule has 1 amide bonds. The van der Waals surface area contributed by atoms with Gasteiger partial charge in [0, 0.05) is 6.07 Å². The molecule has 1 aromatic heterocycles. The number of nitro groups is 1. The first-order chi connectivity index (χ1) is 11.4. The van der Waals surface area contributed by atoms with Gasteiger partial charge in [-0.15, -0.1) is 0 Å². The van der Waals surface area contributed by atoms with Gasteiger partial charge in [-0.05, 0) is 18.9 Å². The molecule has 0 bridgehead atoms. The summed E-state index contributed by atoms with van der Waals surface area (Å²) < 4.78 is 10.4. The minimum Gasteiger partial charge on any atom is -0.477 e. The van der Waals surface area contributed by atoms with E-state index in [9.17, 15) is 14.9 Å². The topological polar surface area (TPSA) is 120 Å². The van der Waals surface area contributed by atoms with Crippen molar-refractivity contribution < 1.29 is 19.0 Å². The van der Waals surface area contributed by atoms with Crippen LogP contribution in [0.2, 0.25) is 0 Å². The summed E-state index contributed by atoms with van der Waals surface area (Å²) in [6.45, 7) is 5.12. The first-order valence-electron chi connectivity index (χ1n) is 7.34. The second-order valence-corrected chi connectivity index (χ2v) is 5.48. The third kappa shape index (κ3) is 4.28. The lowest BCUT2D eigenvalue weighted by Gasteiger charge is -2.18. The van der Waals surface area contributed by atoms with Crippen LogP contribution in [0.3, 0.4) is 0 Å². The summed E-state index contributed by atoms with van der Waals surface area (Å²) in [5.74, 6) is 0.387. The van der Waals surface area contributed by atoms with E-state index in [-0.39, 0.29) is 24.0 Å². The smallest absolute Gasteiger partial charge is 0.310 e. The largest absolute Gasteiger partial charge is 0.477 e. The van der Waals surface area contributed by atoms with E-state index in [4.69, 9.17) is 9.26 Å². The predicted octanol–water partition coefficient (Wildman–Crippen LogP) is 2.18. The predicted molar refractivity (Wildman–Crippen MR) is 83.3 cm³/mol. The Bertz CT molecular complexity index is 728. The number of hydrogen-bond acceptors (Lipinski definition) is 7. The summed E-state index contributed by atoms with van der Waals surface area (Å²) in [5.41, 5.74) is -0.196. The third-order valence-corrected chi connectivity index (χ3v) is 3.21. The monoisotopic (exact) mass is 334 g/mol. The lowest BCUT2D eigenvalue weighted by molar-refractivity contribution is -0.385. The normalized spacial score (nSPS) is 12.0. The quantitative estimate of drug-likeness (QED) is 0.608. The van der Waals surface area contributed by atoms with Gasteiger partial charge in [0.1, 0.15) is 6.04 Å². The van der Waals surface area contributed by atoms with Crippen LogP contribution in [0.5, 0.6) is 5.75 Å². The summed E-state index contributed by atoms with van der Waals surface area (Å²) >= 11 is 0. The molecular formula is C15H18N4O5. The van der Waals surface area contributed by atoms with Crippen LogP contribution in [0.25, 0.3) is 0 Å². The number of hydrogen-bond donors (Lipinski definition) is 1. The number of ether oxygens (including phenoxy) is 1. The van der Waals surface area contributed by atoms with Gasteiger partial charge in [-0.25, -0.2) is 0 Å². The number of para-hydroxylation sites is 2. The fourth-order valence-corrected chi connectivity index (χ4v) is 2.04. The van der Waals surface area contributed by atoms with Crippen LogP contribution in [-0.4, -0.2) is 27.6 Å². The van der Waals surface area contributed by atoms with Crippen LogP contribution < -0.4 is 10.1 Å². The lowest BCUT2D eigenvalue weighted by Crippen LogP contribution is -2.35. The summed E-state index contributed by atoms with van der Waals surface area (Å²) in [4.78, 5) is 26.6. The second kappa shape index (κ2) is 7.53. The molecular weight excluding hydrogens is 316 g/mol. The van der Waals surface area contributed by atoms with Crippen molar-refractivity contribution in [3.05, 3.63) is 46.1 Å². The summed E-state index contributed by atoms with van der Waals surface area (Å²) in [5, 5.41) is 17.4. The highest BCUT2D eigenvalue weighted by Crippen LogP contribution is 2.26. The van der Waals surface area contributed by atoms with E-state index >= 15 is 0 Å². The SMILES string of the molecule is Cc1noc([C@@H](NC(=O)COc2ccccc2[N+](=O)[O-])C(C)C)n1. The number of rotatable bonds is 7. The van der Waals surface area contributed by atoms with Gasteiger partial charge in [-0.3, -0.25) is 14.9 Å². The van der Waals surface area contributed by atoms with Crippen molar-refractivity contribution in [1.29, 1.82) is 0 Å². The number of aromatic nitrogens is 2. The Morgan fingerprint density at radius 2 is 2.12 bits per heavy atom. The Kier molecular flexibility index (Phi) is 5.46. The Labute approximate surface area is 138 Å². The molecule has 1 heterocycles. The molecule has 24 heavy (non-hydrogen) atoms. The molecule has 0 fully saturated rings. The third-order valence-electron chi connectivity index (χ3n) is 3.21. The van der Waals surface area contributed by atoms with Crippen molar-refractivity contribution in [2.45, 2.75) is 26.8 Å². The van der Waals surface area contributed by atoms with Crippen molar-refractivity contribution in [2.75, 3.05) is 6.61 Å². The van der Waals surface area contributed by atoms with E-state index in [2.05, 4.69) is 15.5 Å². The molecule has 9 nitrogen and oxygen atoms in total. The molecule has 9 heteroatoms. The van der Waals surface area contributed by atoms with E-state index in [0.29, 0.717) is 11.7 Å². The highest BCUT2D eigenvalue weighted by Gasteiger charge is 2.24. The number of nitro benzene ring substituents is 1. The van der Waals surface area contributed by atoms with E-state index < -0.39 is 16.9 Å². The molecule has 1 atom stereocenters. The maximum absolute atomic E-state index is 12.1. The number of aryl methyl sites for hydroxylation is 1. The van der Waals surface area contributed by atoms with Gasteiger partial charge in [-0.1, -0.05) is 31.1 Å². The minimum absolute atomic E-state index is 0.0138. The van der Waals surface area contributed by atoms with Crippen LogP contribution in [0, 0.1) is 23.0 Å². The molecule has 0 unspecified atom stereocenters. The number of amides is 1. The second-order valence-electron chi connectivity index (χ2n) is 5.48. The molecule has 128 valence electrons. The zero-order valence-electron chi connectivity index (χ0n) is 13.6. The Hall–Kier alpha value is -2.97. The van der Waals surface area contributed by atoms with Crippen LogP contribution in [0.4, 0.5) is 5.69 Å². The first kappa shape index (κ1) is 17.4. The van der Waals surface area contributed by atoms with Crippen molar-refractivity contribution in [1.82, 2.24) is 15.5 Å². The average Bonchev–Trinajstić information content (AvgIpc) is 2.96. The minimum atomic E-state index is -0.564. The fourth-order valence-electron chi connectivity index (χ4n) is 2.04. The van der Waals surface area contributed by atoms with Crippen molar-refractivity contribution in [3.63, 3.8) is 0 Å². The average molecular weight is 334 g/mol. The van der Waals surface area contributed by atoms with E-state index in [1.807, 2.05) is 13.8 Å². The van der Waals surface area contributed by atoms with Crippen molar-refractivity contribution >= 4 is 11.6 Å². The number of carbonyl (C=O) groups excluding carboxylic acids is 1. The van der Waals surface area contributed by atoms with Crippen LogP contribution in [0.1, 0.15) is 31.6 Å². The number of carbonyl (C=O) groups is 1. The number of nitrogens with zero attached hydrogens (tertiary/aromatic N) is 3. The standard InChI is InChI=1S/C15H18N4O5/c1-9(2)14(15-16-10(3)18-24-15)17-13(20)8-23-12-7-5-4-6-11(12)19(21)22/h4-7,9,14H,8H2,1-3H3,(H,17,20)/t14-/m0/s1. The zero-order valence-corrected chi connectivity index (χ0v) is 13.6. The molecule has 1 N–H and O–H groups in total. The Morgan fingerprint density at radius 3 is 2.71 bits per heavy atom. The molecule has 2 aromatic rings. The highest BCUT2D eigenvalue weighted by atomic mass is 16.6. The molecule has 0 spiro atoms. The van der Waals surface area contributed by atoms with Gasteiger partial charge in [0.05, 0.1) is 4.92 Å². The first-order valence-corrected chi connectivity index (χ1v) is 7.34. The highest BCUT2D eigenvalue weighted by molar-refractivity contribution is 5.78. The molecule has 1 aromatic carbocycles. The van der Waals surface area contributed by atoms with Crippen LogP contribution in [-0.2, 0) is 4.79 Å². The van der Waals surface area contributed by atoms with Crippen LogP contribution >= 0.6 is 0 Å². The molecule has 2 rings (SSSR count). The number of nitrogens with one attached hydrogen (secondary N) is 1. The van der Waals surface area contributed by atoms with E-state index in [0.717, 1.165) is 0 Å². The van der Waals surface area contributed by atoms with E-state index in [1.165, 1.54) is 18.2 Å². The number of benzene rings is 1. The Balaban J connectivity index is 2.01. The lowest BCUT2D eigenvalue weighted by atomic mass is 10.0. The van der Waals surface area contributed by atoms with Crippen LogP contribution in [0.15, 0.2) is 28.8 Å². The maximum Gasteiger partial charge on any atom is 0.310 e. The molecule has 0 saturated heterocycles. The van der Waals surface area contributed by atoms with Gasteiger partial charge in [0.15, 0.2) is 18.2 Å². The summed E-state index contributed by atoms with van der Waals surface area (Å²) in [6, 6.07) is 5.40. The molecule has 0 aliphatic heterocycles. The molecule has 0 saturated carbocycles. The maximum atomic E-state index is 12.1. The molecule has 0 aliphatic carbocycles. The fraction of sp³-hybridized carbons (Fsp3) is 0.400. The van der Waals surface area contributed by atoms with Crippen molar-refractivity contribution in [2.24, 2.45) is 5.92 Å². The molecule has 0 aliphatic rings. The molecule has 0 radical (unpaired) electrons. The van der Waals surface area contributed by atoms with Gasteiger partial charge in [0.25, 0.3) is 5.91 Å². The van der Waals surface area contributed by atoms with Gasteiger partial charge in [0.2, 0.25) is 5.89 Å². The zero-order chi connectivity index (χ0) is 17.7. The van der Waals surface area contributed by atoms with Crippen molar-refractivity contribution in [3.8, 4) is 5.75 Å². The van der Waals surface area contributed by atoms with Gasteiger partial charge >= 0.3 is 5.69 Å². The summed E-state index contributed by atoms with van der Waals surface area (Å²) in [7, 11) is 0. The summed E-state index contributed by atoms with van der Waals surface area (Å²) in [6.07, 6.45) is 0. The van der Waals surface area contributed by atoms with Gasteiger partial charge in [-0.2, -0.15) is 4.98 Å². The van der Waals surface area contributed by atoms with Gasteiger partial charge < -0.3 is 14.6 Å².